The Morgan fingerprint density at radius 1 is 0.947 bits per heavy atom. The topological polar surface area (TPSA) is 96.0 Å². The number of nitrogens with one attached hydrogen (secondary N) is 1. The van der Waals surface area contributed by atoms with Gasteiger partial charge in [0.1, 0.15) is 18.3 Å². The van der Waals surface area contributed by atoms with Crippen LogP contribution >= 0.6 is 11.6 Å². The lowest BCUT2D eigenvalue weighted by Gasteiger charge is -2.32. The molecule has 1 unspecified atom stereocenters. The molecule has 0 saturated carbocycles. The quantitative estimate of drug-likeness (QED) is 0.375. The van der Waals surface area contributed by atoms with E-state index in [0.29, 0.717) is 5.75 Å². The van der Waals surface area contributed by atoms with Crippen LogP contribution in [0.5, 0.6) is 5.75 Å². The molecule has 2 amide bonds. The van der Waals surface area contributed by atoms with Gasteiger partial charge >= 0.3 is 0 Å². The summed E-state index contributed by atoms with van der Waals surface area (Å²) < 4.78 is 33.8. The first-order valence-electron chi connectivity index (χ1n) is 12.1. The molecule has 0 aliphatic heterocycles. The van der Waals surface area contributed by atoms with Crippen molar-refractivity contribution in [2.24, 2.45) is 0 Å². The van der Waals surface area contributed by atoms with Crippen LogP contribution in [0.3, 0.4) is 0 Å². The molecule has 8 nitrogen and oxygen atoms in total. The zero-order valence-electron chi connectivity index (χ0n) is 21.8. The van der Waals surface area contributed by atoms with Crippen molar-refractivity contribution in [3.63, 3.8) is 0 Å². The van der Waals surface area contributed by atoms with Crippen molar-refractivity contribution in [3.8, 4) is 5.75 Å². The number of sulfonamides is 1. The summed E-state index contributed by atoms with van der Waals surface area (Å²) in [6.45, 7) is 4.75. The number of halogens is 1. The van der Waals surface area contributed by atoms with Crippen LogP contribution in [0.4, 0.5) is 5.69 Å². The van der Waals surface area contributed by atoms with Gasteiger partial charge in [-0.05, 0) is 62.7 Å². The largest absolute Gasteiger partial charge is 0.497 e. The average Bonchev–Trinajstić information content (AvgIpc) is 2.90. The van der Waals surface area contributed by atoms with E-state index in [2.05, 4.69) is 5.32 Å². The summed E-state index contributed by atoms with van der Waals surface area (Å²) in [5.74, 6) is -0.330. The summed E-state index contributed by atoms with van der Waals surface area (Å²) >= 11 is 6.40. The van der Waals surface area contributed by atoms with E-state index in [1.54, 1.807) is 61.5 Å². The Kier molecular flexibility index (Phi) is 9.77. The molecule has 0 heterocycles. The first-order chi connectivity index (χ1) is 18.0. The molecule has 0 bridgehead atoms. The number of amides is 2. The van der Waals surface area contributed by atoms with Gasteiger partial charge in [0.15, 0.2) is 0 Å². The fourth-order valence-electron chi connectivity index (χ4n) is 3.84. The number of methoxy groups -OCH3 is 1. The number of anilines is 1. The molecule has 0 saturated heterocycles. The molecule has 202 valence electrons. The molecule has 0 aliphatic rings. The van der Waals surface area contributed by atoms with Gasteiger partial charge in [0, 0.05) is 12.6 Å². The normalized spacial score (nSPS) is 12.1. The third-order valence-electron chi connectivity index (χ3n) is 5.82. The highest BCUT2D eigenvalue weighted by molar-refractivity contribution is 7.92. The Hall–Kier alpha value is -3.56. The van der Waals surface area contributed by atoms with Gasteiger partial charge in [0.2, 0.25) is 11.8 Å². The van der Waals surface area contributed by atoms with Crippen LogP contribution in [0.25, 0.3) is 0 Å². The number of ether oxygens (including phenoxy) is 1. The second kappa shape index (κ2) is 12.8. The molecule has 0 aromatic heterocycles. The lowest BCUT2D eigenvalue weighted by Crippen LogP contribution is -2.52. The minimum absolute atomic E-state index is 0.0117. The Morgan fingerprint density at radius 3 is 2.24 bits per heavy atom. The summed E-state index contributed by atoms with van der Waals surface area (Å²) in [6, 6.07) is 20.3. The summed E-state index contributed by atoms with van der Waals surface area (Å²) in [5, 5.41) is 3.00. The van der Waals surface area contributed by atoms with Crippen LogP contribution in [0, 0.1) is 0 Å². The lowest BCUT2D eigenvalue weighted by atomic mass is 10.1. The predicted molar refractivity (Wildman–Crippen MR) is 149 cm³/mol. The van der Waals surface area contributed by atoms with Crippen LogP contribution in [0.1, 0.15) is 26.3 Å². The molecule has 3 aromatic carbocycles. The molecular formula is C28H32ClN3O5S. The Balaban J connectivity index is 2.04. The monoisotopic (exact) mass is 557 g/mol. The predicted octanol–water partition coefficient (Wildman–Crippen LogP) is 4.49. The van der Waals surface area contributed by atoms with E-state index in [-0.39, 0.29) is 34.1 Å². The first-order valence-corrected chi connectivity index (χ1v) is 13.9. The van der Waals surface area contributed by atoms with Crippen molar-refractivity contribution in [2.45, 2.75) is 44.3 Å². The van der Waals surface area contributed by atoms with Gasteiger partial charge in [0.25, 0.3) is 10.0 Å². The highest BCUT2D eigenvalue weighted by atomic mass is 35.5. The minimum atomic E-state index is -4.17. The number of carbonyl (C=O) groups excluding carboxylic acids is 2. The maximum Gasteiger partial charge on any atom is 0.264 e. The third-order valence-corrected chi connectivity index (χ3v) is 7.91. The fourth-order valence-corrected chi connectivity index (χ4v) is 5.58. The standard InChI is InChI=1S/C28H32ClN3O5S/c1-20(2)30-28(34)21(3)31(18-22-11-10-12-23(17-22)37-4)27(33)19-32(26-16-9-8-15-25(26)29)38(35,36)24-13-6-5-7-14-24/h5-17,20-21H,18-19H2,1-4H3,(H,30,34). The van der Waals surface area contributed by atoms with E-state index in [4.69, 9.17) is 16.3 Å². The van der Waals surface area contributed by atoms with E-state index in [9.17, 15) is 18.0 Å². The molecule has 0 fully saturated rings. The second-order valence-corrected chi connectivity index (χ2v) is 11.3. The number of rotatable bonds is 11. The van der Waals surface area contributed by atoms with Crippen molar-refractivity contribution >= 4 is 39.1 Å². The van der Waals surface area contributed by atoms with Crippen LogP contribution in [0.2, 0.25) is 5.02 Å². The van der Waals surface area contributed by atoms with E-state index >= 15 is 0 Å². The molecule has 3 aromatic rings. The van der Waals surface area contributed by atoms with Gasteiger partial charge < -0.3 is 15.0 Å². The van der Waals surface area contributed by atoms with Gasteiger partial charge in [0.05, 0.1) is 22.7 Å². The Morgan fingerprint density at radius 2 is 1.61 bits per heavy atom. The maximum absolute atomic E-state index is 13.9. The third kappa shape index (κ3) is 7.05. The Bertz CT molecular complexity index is 1370. The molecule has 38 heavy (non-hydrogen) atoms. The smallest absolute Gasteiger partial charge is 0.264 e. The van der Waals surface area contributed by atoms with E-state index < -0.39 is 28.5 Å². The first kappa shape index (κ1) is 29.0. The SMILES string of the molecule is COc1cccc(CN(C(=O)CN(c2ccccc2Cl)S(=O)(=O)c2ccccc2)C(C)C(=O)NC(C)C)c1. The molecule has 1 atom stereocenters. The highest BCUT2D eigenvalue weighted by Gasteiger charge is 2.33. The van der Waals surface area contributed by atoms with E-state index in [1.165, 1.54) is 30.2 Å². The van der Waals surface area contributed by atoms with Crippen molar-refractivity contribution in [3.05, 3.63) is 89.4 Å². The highest BCUT2D eigenvalue weighted by Crippen LogP contribution is 2.30. The number of hydrogen-bond donors (Lipinski definition) is 1. The fraction of sp³-hybridized carbons (Fsp3) is 0.286. The van der Waals surface area contributed by atoms with Gasteiger partial charge in [-0.15, -0.1) is 0 Å². The van der Waals surface area contributed by atoms with E-state index in [0.717, 1.165) is 9.87 Å². The number of benzene rings is 3. The van der Waals surface area contributed by atoms with Crippen molar-refractivity contribution in [1.82, 2.24) is 10.2 Å². The number of hydrogen-bond acceptors (Lipinski definition) is 5. The minimum Gasteiger partial charge on any atom is -0.497 e. The number of para-hydroxylation sites is 1. The van der Waals surface area contributed by atoms with Gasteiger partial charge in [-0.2, -0.15) is 0 Å². The zero-order chi connectivity index (χ0) is 27.9. The summed E-state index contributed by atoms with van der Waals surface area (Å²) in [5.41, 5.74) is 0.879. The number of carbonyl (C=O) groups is 2. The van der Waals surface area contributed by atoms with Crippen molar-refractivity contribution < 1.29 is 22.7 Å². The van der Waals surface area contributed by atoms with Gasteiger partial charge in [-0.1, -0.05) is 54.1 Å². The lowest BCUT2D eigenvalue weighted by molar-refractivity contribution is -0.139. The van der Waals surface area contributed by atoms with Crippen LogP contribution < -0.4 is 14.4 Å². The number of nitrogens with zero attached hydrogens (tertiary/aromatic N) is 2. The second-order valence-electron chi connectivity index (χ2n) is 8.99. The molecule has 0 spiro atoms. The van der Waals surface area contributed by atoms with Gasteiger partial charge in [-0.25, -0.2) is 8.42 Å². The van der Waals surface area contributed by atoms with Crippen LogP contribution in [-0.4, -0.2) is 50.9 Å². The molecular weight excluding hydrogens is 526 g/mol. The maximum atomic E-state index is 13.9. The van der Waals surface area contributed by atoms with E-state index in [1.807, 2.05) is 19.9 Å². The van der Waals surface area contributed by atoms with Crippen molar-refractivity contribution in [1.29, 1.82) is 0 Å². The Labute approximate surface area is 229 Å². The van der Waals surface area contributed by atoms with Crippen LogP contribution in [0.15, 0.2) is 83.8 Å². The summed E-state index contributed by atoms with van der Waals surface area (Å²) in [7, 11) is -2.63. The molecule has 10 heteroatoms. The molecule has 0 radical (unpaired) electrons. The zero-order valence-corrected chi connectivity index (χ0v) is 23.4. The average molecular weight is 558 g/mol. The van der Waals surface area contributed by atoms with Crippen molar-refractivity contribution in [2.75, 3.05) is 18.0 Å². The molecule has 1 N–H and O–H groups in total. The molecule has 0 aliphatic carbocycles. The van der Waals surface area contributed by atoms with Gasteiger partial charge in [-0.3, -0.25) is 13.9 Å². The molecule has 3 rings (SSSR count). The summed E-state index contributed by atoms with van der Waals surface area (Å²) in [6.07, 6.45) is 0. The van der Waals surface area contributed by atoms with Crippen LogP contribution in [-0.2, 0) is 26.2 Å². The summed E-state index contributed by atoms with van der Waals surface area (Å²) in [4.78, 5) is 28.2.